The minimum Gasteiger partial charge on any atom is -0.361 e. The molecule has 4 heterocycles. The minimum absolute atomic E-state index is 0.705. The van der Waals surface area contributed by atoms with Crippen molar-refractivity contribution in [2.24, 2.45) is 0 Å². The van der Waals surface area contributed by atoms with E-state index in [9.17, 15) is 0 Å². The van der Waals surface area contributed by atoms with Crippen molar-refractivity contribution in [2.45, 2.75) is 40.0 Å². The van der Waals surface area contributed by atoms with E-state index in [0.717, 1.165) is 43.5 Å². The van der Waals surface area contributed by atoms with Crippen LogP contribution in [-0.4, -0.2) is 40.9 Å². The molecule has 0 N–H and O–H groups in total. The van der Waals surface area contributed by atoms with Crippen LogP contribution < -0.4 is 0 Å². The first-order valence-corrected chi connectivity index (χ1v) is 7.70. The van der Waals surface area contributed by atoms with Gasteiger partial charge < -0.3 is 9.09 Å². The largest absolute Gasteiger partial charge is 0.361 e. The number of rotatable bonds is 4. The monoisotopic (exact) mass is 313 g/mol. The van der Waals surface area contributed by atoms with E-state index in [1.807, 2.05) is 24.7 Å². The van der Waals surface area contributed by atoms with E-state index < -0.39 is 0 Å². The number of aryl methyl sites for hydroxylation is 2. The number of fused-ring (bicyclic) bond motifs is 1. The summed E-state index contributed by atoms with van der Waals surface area (Å²) in [6, 6.07) is 0. The molecule has 0 saturated carbocycles. The molecule has 1 aliphatic rings. The average molecular weight is 313 g/mol. The van der Waals surface area contributed by atoms with Gasteiger partial charge >= 0.3 is 0 Å². The molecule has 0 atom stereocenters. The summed E-state index contributed by atoms with van der Waals surface area (Å²) in [5, 5.41) is 8.19. The summed E-state index contributed by atoms with van der Waals surface area (Å²) in [5.74, 6) is 2.00. The van der Waals surface area contributed by atoms with Crippen LogP contribution in [-0.2, 0) is 26.2 Å². The van der Waals surface area contributed by atoms with Gasteiger partial charge in [-0.2, -0.15) is 5.10 Å². The summed E-state index contributed by atoms with van der Waals surface area (Å²) in [4.78, 5) is 10.9. The van der Waals surface area contributed by atoms with Crippen molar-refractivity contribution >= 4 is 0 Å². The number of nitrogens with zero attached hydrogens (tertiary/aromatic N) is 7. The van der Waals surface area contributed by atoms with Crippen LogP contribution in [0.15, 0.2) is 23.4 Å². The third-order valence-corrected chi connectivity index (χ3v) is 4.38. The minimum atomic E-state index is 0.705. The van der Waals surface area contributed by atoms with E-state index in [1.165, 1.54) is 11.3 Å². The van der Waals surface area contributed by atoms with E-state index in [-0.39, 0.29) is 0 Å². The van der Waals surface area contributed by atoms with E-state index >= 15 is 0 Å². The third-order valence-electron chi connectivity index (χ3n) is 4.38. The van der Waals surface area contributed by atoms with E-state index in [4.69, 9.17) is 4.52 Å². The van der Waals surface area contributed by atoms with Gasteiger partial charge in [-0.3, -0.25) is 4.90 Å². The SMILES string of the molecule is Cc1noc(C)c1CN1CCn2c(Cn3cncn3)cnc2C1. The average Bonchev–Trinajstić information content (AvgIpc) is 3.26. The van der Waals surface area contributed by atoms with Gasteiger partial charge in [0, 0.05) is 25.2 Å². The fraction of sp³-hybridized carbons (Fsp3) is 0.467. The summed E-state index contributed by atoms with van der Waals surface area (Å²) < 4.78 is 9.36. The Balaban J connectivity index is 1.49. The van der Waals surface area contributed by atoms with Gasteiger partial charge in [0.25, 0.3) is 0 Å². The second kappa shape index (κ2) is 5.62. The molecule has 0 saturated heterocycles. The van der Waals surface area contributed by atoms with Crippen LogP contribution in [0, 0.1) is 13.8 Å². The lowest BCUT2D eigenvalue weighted by Crippen LogP contribution is -2.34. The molecule has 3 aromatic heterocycles. The number of hydrogen-bond acceptors (Lipinski definition) is 6. The third kappa shape index (κ3) is 2.65. The fourth-order valence-electron chi connectivity index (χ4n) is 3.07. The Kier molecular flexibility index (Phi) is 3.45. The molecule has 3 aromatic rings. The summed E-state index contributed by atoms with van der Waals surface area (Å²) in [7, 11) is 0. The van der Waals surface area contributed by atoms with Crippen LogP contribution in [0.25, 0.3) is 0 Å². The van der Waals surface area contributed by atoms with Crippen molar-refractivity contribution < 1.29 is 4.52 Å². The lowest BCUT2D eigenvalue weighted by molar-refractivity contribution is 0.205. The predicted octanol–water partition coefficient (Wildman–Crippen LogP) is 1.14. The molecule has 0 spiro atoms. The van der Waals surface area contributed by atoms with Crippen LogP contribution in [0.4, 0.5) is 0 Å². The molecule has 0 amide bonds. The smallest absolute Gasteiger partial charge is 0.138 e. The zero-order chi connectivity index (χ0) is 15.8. The van der Waals surface area contributed by atoms with Gasteiger partial charge in [-0.15, -0.1) is 0 Å². The summed E-state index contributed by atoms with van der Waals surface area (Å²) >= 11 is 0. The van der Waals surface area contributed by atoms with Crippen molar-refractivity contribution in [1.29, 1.82) is 0 Å². The van der Waals surface area contributed by atoms with E-state index in [1.54, 1.807) is 12.7 Å². The maximum Gasteiger partial charge on any atom is 0.138 e. The molecule has 120 valence electrons. The molecule has 0 bridgehead atoms. The molecule has 0 aliphatic carbocycles. The maximum atomic E-state index is 5.26. The molecule has 8 nitrogen and oxygen atoms in total. The first kappa shape index (κ1) is 14.1. The van der Waals surface area contributed by atoms with Crippen molar-refractivity contribution in [3.05, 3.63) is 47.4 Å². The highest BCUT2D eigenvalue weighted by molar-refractivity contribution is 5.21. The molecule has 0 aromatic carbocycles. The highest BCUT2D eigenvalue weighted by Gasteiger charge is 2.22. The highest BCUT2D eigenvalue weighted by atomic mass is 16.5. The molecule has 0 radical (unpaired) electrons. The Labute approximate surface area is 133 Å². The number of hydrogen-bond donors (Lipinski definition) is 0. The van der Waals surface area contributed by atoms with E-state index in [0.29, 0.717) is 6.54 Å². The van der Waals surface area contributed by atoms with Gasteiger partial charge in [0.15, 0.2) is 0 Å². The van der Waals surface area contributed by atoms with Crippen LogP contribution in [0.3, 0.4) is 0 Å². The summed E-state index contributed by atoms with van der Waals surface area (Å²) in [6.07, 6.45) is 5.22. The quantitative estimate of drug-likeness (QED) is 0.719. The Morgan fingerprint density at radius 2 is 2.13 bits per heavy atom. The molecule has 1 aliphatic heterocycles. The lowest BCUT2D eigenvalue weighted by Gasteiger charge is -2.28. The molecular weight excluding hydrogens is 294 g/mol. The van der Waals surface area contributed by atoms with Crippen molar-refractivity contribution in [1.82, 2.24) is 34.4 Å². The van der Waals surface area contributed by atoms with E-state index in [2.05, 4.69) is 29.7 Å². The molecule has 23 heavy (non-hydrogen) atoms. The summed E-state index contributed by atoms with van der Waals surface area (Å²) in [5.41, 5.74) is 3.33. The zero-order valence-corrected chi connectivity index (χ0v) is 13.3. The first-order valence-electron chi connectivity index (χ1n) is 7.70. The molecule has 4 rings (SSSR count). The predicted molar refractivity (Wildman–Crippen MR) is 81.4 cm³/mol. The summed E-state index contributed by atoms with van der Waals surface area (Å²) in [6.45, 7) is 8.27. The van der Waals surface area contributed by atoms with Gasteiger partial charge in [0.05, 0.1) is 30.7 Å². The molecule has 0 fully saturated rings. The van der Waals surface area contributed by atoms with Gasteiger partial charge in [-0.05, 0) is 13.8 Å². The highest BCUT2D eigenvalue weighted by Crippen LogP contribution is 2.20. The Bertz CT molecular complexity index is 783. The van der Waals surface area contributed by atoms with Crippen LogP contribution >= 0.6 is 0 Å². The lowest BCUT2D eigenvalue weighted by atomic mass is 10.2. The van der Waals surface area contributed by atoms with Crippen LogP contribution in [0.2, 0.25) is 0 Å². The molecule has 0 unspecified atom stereocenters. The first-order chi connectivity index (χ1) is 11.2. The topological polar surface area (TPSA) is 77.8 Å². The van der Waals surface area contributed by atoms with Gasteiger partial charge in [0.2, 0.25) is 0 Å². The van der Waals surface area contributed by atoms with Gasteiger partial charge in [0.1, 0.15) is 24.2 Å². The number of imidazole rings is 1. The number of aromatic nitrogens is 6. The maximum absolute atomic E-state index is 5.26. The fourth-order valence-corrected chi connectivity index (χ4v) is 3.07. The Morgan fingerprint density at radius 3 is 2.87 bits per heavy atom. The van der Waals surface area contributed by atoms with Crippen molar-refractivity contribution in [2.75, 3.05) is 6.54 Å². The molecular formula is C15H19N7O. The van der Waals surface area contributed by atoms with Gasteiger partial charge in [-0.1, -0.05) is 5.16 Å². The van der Waals surface area contributed by atoms with Gasteiger partial charge in [-0.25, -0.2) is 14.6 Å². The standard InChI is InChI=1S/C15H19N7O/c1-11-14(12(2)23-19-11)7-20-3-4-22-13(5-17-15(22)8-20)6-21-10-16-9-18-21/h5,9-10H,3-4,6-8H2,1-2H3. The molecule has 8 heteroatoms. The Hall–Kier alpha value is -2.48. The second-order valence-electron chi connectivity index (χ2n) is 5.92. The zero-order valence-electron chi connectivity index (χ0n) is 13.3. The van der Waals surface area contributed by atoms with Crippen molar-refractivity contribution in [3.8, 4) is 0 Å². The normalized spacial score (nSPS) is 15.0. The van der Waals surface area contributed by atoms with Crippen molar-refractivity contribution in [3.63, 3.8) is 0 Å². The second-order valence-corrected chi connectivity index (χ2v) is 5.92. The van der Waals surface area contributed by atoms with Crippen LogP contribution in [0.1, 0.15) is 28.5 Å². The Morgan fingerprint density at radius 1 is 1.22 bits per heavy atom. The van der Waals surface area contributed by atoms with Crippen LogP contribution in [0.5, 0.6) is 0 Å².